The monoisotopic (exact) mass is 315 g/mol. The summed E-state index contributed by atoms with van der Waals surface area (Å²) >= 11 is 1.51. The quantitative estimate of drug-likeness (QED) is 0.863. The number of nitrogens with one attached hydrogen (secondary N) is 1. The molecule has 0 radical (unpaired) electrons. The zero-order valence-corrected chi connectivity index (χ0v) is 13.7. The summed E-state index contributed by atoms with van der Waals surface area (Å²) in [6.45, 7) is 4.69. The number of fused-ring (bicyclic) bond motifs is 1. The van der Waals surface area contributed by atoms with Gasteiger partial charge >= 0.3 is 0 Å². The molecule has 116 valence electrons. The summed E-state index contributed by atoms with van der Waals surface area (Å²) in [5.74, 6) is -0.0663. The Morgan fingerprint density at radius 1 is 1.41 bits per heavy atom. The summed E-state index contributed by atoms with van der Waals surface area (Å²) in [5, 5.41) is 5.69. The molecule has 0 atom stereocenters. The van der Waals surface area contributed by atoms with E-state index in [0.29, 0.717) is 12.2 Å². The molecule has 5 heteroatoms. The number of thiazole rings is 1. The molecule has 1 aliphatic heterocycles. The first-order valence-electron chi connectivity index (χ1n) is 7.77. The van der Waals surface area contributed by atoms with Crippen LogP contribution in [0.4, 0.5) is 5.69 Å². The number of aryl methyl sites for hydroxylation is 2. The Morgan fingerprint density at radius 3 is 3.09 bits per heavy atom. The van der Waals surface area contributed by atoms with Crippen LogP contribution in [0.3, 0.4) is 0 Å². The summed E-state index contributed by atoms with van der Waals surface area (Å²) in [5.41, 5.74) is 3.33. The van der Waals surface area contributed by atoms with Gasteiger partial charge in [0.1, 0.15) is 5.69 Å². The maximum Gasteiger partial charge on any atom is 0.270 e. The van der Waals surface area contributed by atoms with Crippen LogP contribution in [0.25, 0.3) is 0 Å². The second kappa shape index (κ2) is 6.92. The molecule has 0 aliphatic carbocycles. The fraction of sp³-hybridized carbons (Fsp3) is 0.412. The number of carbonyl (C=O) groups excluding carboxylic acids is 1. The van der Waals surface area contributed by atoms with E-state index in [4.69, 9.17) is 0 Å². The third kappa shape index (κ3) is 3.47. The maximum atomic E-state index is 11.9. The molecule has 0 saturated heterocycles. The highest BCUT2D eigenvalue weighted by Crippen LogP contribution is 2.26. The van der Waals surface area contributed by atoms with E-state index < -0.39 is 0 Å². The zero-order valence-electron chi connectivity index (χ0n) is 12.8. The van der Waals surface area contributed by atoms with Crippen LogP contribution in [0.5, 0.6) is 0 Å². The summed E-state index contributed by atoms with van der Waals surface area (Å²) in [7, 11) is 0. The van der Waals surface area contributed by atoms with E-state index in [9.17, 15) is 4.79 Å². The topological polar surface area (TPSA) is 45.2 Å². The Bertz CT molecular complexity index is 653. The number of hydrogen-bond acceptors (Lipinski definition) is 4. The molecule has 1 amide bonds. The number of rotatable bonds is 5. The highest BCUT2D eigenvalue weighted by atomic mass is 32.1. The molecule has 1 aromatic carbocycles. The van der Waals surface area contributed by atoms with Gasteiger partial charge in [0.25, 0.3) is 5.91 Å². The van der Waals surface area contributed by atoms with Gasteiger partial charge in [0.15, 0.2) is 0 Å². The molecule has 1 aromatic heterocycles. The highest BCUT2D eigenvalue weighted by molar-refractivity contribution is 7.09. The standard InChI is InChI=1S/C17H21N3OS/c1-13-19-15(12-22-13)17(21)18-9-5-11-20-10-4-7-14-6-2-3-8-16(14)20/h2-3,6,8,12H,4-5,7,9-11H2,1H3,(H,18,21). The van der Waals surface area contributed by atoms with E-state index in [1.54, 1.807) is 0 Å². The van der Waals surface area contributed by atoms with Crippen molar-refractivity contribution in [1.29, 1.82) is 0 Å². The van der Waals surface area contributed by atoms with Crippen LogP contribution in [0, 0.1) is 6.92 Å². The van der Waals surface area contributed by atoms with E-state index in [2.05, 4.69) is 39.5 Å². The van der Waals surface area contributed by atoms with Crippen molar-refractivity contribution in [3.05, 3.63) is 45.9 Å². The Morgan fingerprint density at radius 2 is 2.27 bits per heavy atom. The van der Waals surface area contributed by atoms with Crippen molar-refractivity contribution >= 4 is 22.9 Å². The predicted molar refractivity (Wildman–Crippen MR) is 90.8 cm³/mol. The van der Waals surface area contributed by atoms with Gasteiger partial charge in [-0.1, -0.05) is 18.2 Å². The number of benzene rings is 1. The van der Waals surface area contributed by atoms with Crippen LogP contribution in [0.2, 0.25) is 0 Å². The van der Waals surface area contributed by atoms with Crippen LogP contribution in [-0.2, 0) is 6.42 Å². The highest BCUT2D eigenvalue weighted by Gasteiger charge is 2.15. The van der Waals surface area contributed by atoms with Gasteiger partial charge in [-0.3, -0.25) is 4.79 Å². The SMILES string of the molecule is Cc1nc(C(=O)NCCCN2CCCc3ccccc32)cs1. The molecule has 1 aliphatic rings. The van der Waals surface area contributed by atoms with E-state index in [1.165, 1.54) is 35.4 Å². The van der Waals surface area contributed by atoms with Crippen molar-refractivity contribution in [3.8, 4) is 0 Å². The summed E-state index contributed by atoms with van der Waals surface area (Å²) in [4.78, 5) is 18.6. The fourth-order valence-electron chi connectivity index (χ4n) is 2.87. The van der Waals surface area contributed by atoms with Crippen molar-refractivity contribution in [1.82, 2.24) is 10.3 Å². The van der Waals surface area contributed by atoms with Crippen molar-refractivity contribution in [2.45, 2.75) is 26.2 Å². The van der Waals surface area contributed by atoms with E-state index in [-0.39, 0.29) is 5.91 Å². The van der Waals surface area contributed by atoms with Gasteiger partial charge in [-0.2, -0.15) is 0 Å². The minimum atomic E-state index is -0.0663. The molecule has 4 nitrogen and oxygen atoms in total. The van der Waals surface area contributed by atoms with Gasteiger partial charge < -0.3 is 10.2 Å². The molecule has 0 unspecified atom stereocenters. The zero-order chi connectivity index (χ0) is 15.4. The Hall–Kier alpha value is -1.88. The van der Waals surface area contributed by atoms with Gasteiger partial charge in [-0.25, -0.2) is 4.98 Å². The molecule has 2 aromatic rings. The van der Waals surface area contributed by atoms with E-state index in [1.807, 2.05) is 12.3 Å². The second-order valence-corrected chi connectivity index (χ2v) is 6.64. The smallest absolute Gasteiger partial charge is 0.270 e. The molecule has 0 fully saturated rings. The number of anilines is 1. The van der Waals surface area contributed by atoms with E-state index >= 15 is 0 Å². The average molecular weight is 315 g/mol. The summed E-state index contributed by atoms with van der Waals surface area (Å²) in [6.07, 6.45) is 3.33. The van der Waals surface area contributed by atoms with Crippen LogP contribution in [0.1, 0.15) is 33.9 Å². The molecular weight excluding hydrogens is 294 g/mol. The molecule has 0 bridgehead atoms. The molecule has 0 spiro atoms. The van der Waals surface area contributed by atoms with Gasteiger partial charge in [-0.15, -0.1) is 11.3 Å². The van der Waals surface area contributed by atoms with Crippen LogP contribution < -0.4 is 10.2 Å². The Labute approximate surface area is 135 Å². The number of nitrogens with zero attached hydrogens (tertiary/aromatic N) is 2. The average Bonchev–Trinajstić information content (AvgIpc) is 2.98. The Kier molecular flexibility index (Phi) is 4.73. The lowest BCUT2D eigenvalue weighted by atomic mass is 10.0. The van der Waals surface area contributed by atoms with Crippen LogP contribution in [-0.4, -0.2) is 30.5 Å². The first-order chi connectivity index (χ1) is 10.7. The minimum absolute atomic E-state index is 0.0663. The molecule has 0 saturated carbocycles. The molecular formula is C17H21N3OS. The van der Waals surface area contributed by atoms with Crippen molar-refractivity contribution < 1.29 is 4.79 Å². The first-order valence-corrected chi connectivity index (χ1v) is 8.65. The van der Waals surface area contributed by atoms with Gasteiger partial charge in [0.05, 0.1) is 5.01 Å². The van der Waals surface area contributed by atoms with Gasteiger partial charge in [0.2, 0.25) is 0 Å². The predicted octanol–water partition coefficient (Wildman–Crippen LogP) is 3.02. The second-order valence-electron chi connectivity index (χ2n) is 5.58. The third-order valence-corrected chi connectivity index (χ3v) is 4.72. The van der Waals surface area contributed by atoms with Crippen molar-refractivity contribution in [2.75, 3.05) is 24.5 Å². The molecule has 2 heterocycles. The van der Waals surface area contributed by atoms with Gasteiger partial charge in [-0.05, 0) is 37.8 Å². The van der Waals surface area contributed by atoms with Gasteiger partial charge in [0, 0.05) is 30.7 Å². The summed E-state index contributed by atoms with van der Waals surface area (Å²) in [6, 6.07) is 8.63. The third-order valence-electron chi connectivity index (χ3n) is 3.95. The number of hydrogen-bond donors (Lipinski definition) is 1. The fourth-order valence-corrected chi connectivity index (χ4v) is 3.47. The number of para-hydroxylation sites is 1. The molecule has 3 rings (SSSR count). The summed E-state index contributed by atoms with van der Waals surface area (Å²) < 4.78 is 0. The maximum absolute atomic E-state index is 11.9. The number of carbonyl (C=O) groups is 1. The minimum Gasteiger partial charge on any atom is -0.371 e. The number of aromatic nitrogens is 1. The molecule has 22 heavy (non-hydrogen) atoms. The van der Waals surface area contributed by atoms with Crippen molar-refractivity contribution in [2.24, 2.45) is 0 Å². The van der Waals surface area contributed by atoms with E-state index in [0.717, 1.165) is 24.5 Å². The van der Waals surface area contributed by atoms with Crippen LogP contribution >= 0.6 is 11.3 Å². The lowest BCUT2D eigenvalue weighted by molar-refractivity contribution is 0.0949. The largest absolute Gasteiger partial charge is 0.371 e. The number of amides is 1. The lowest BCUT2D eigenvalue weighted by Gasteiger charge is -2.31. The molecule has 1 N–H and O–H groups in total. The lowest BCUT2D eigenvalue weighted by Crippen LogP contribution is -2.33. The first kappa shape index (κ1) is 15.0. The normalized spacial score (nSPS) is 13.8. The van der Waals surface area contributed by atoms with Crippen LogP contribution in [0.15, 0.2) is 29.6 Å². The Balaban J connectivity index is 1.47. The van der Waals surface area contributed by atoms with Crippen molar-refractivity contribution in [3.63, 3.8) is 0 Å².